The highest BCUT2D eigenvalue weighted by Gasteiger charge is 2.21. The minimum Gasteiger partial charge on any atom is -0.451 e. The first kappa shape index (κ1) is 22.9. The van der Waals surface area contributed by atoms with Crippen LogP contribution in [0.15, 0.2) is 47.3 Å². The molecule has 32 heavy (non-hydrogen) atoms. The van der Waals surface area contributed by atoms with Crippen molar-refractivity contribution in [2.45, 2.75) is 20.4 Å². The smallest absolute Gasteiger partial charge is 0.359 e. The molecule has 0 saturated carbocycles. The van der Waals surface area contributed by atoms with Crippen LogP contribution in [-0.4, -0.2) is 33.2 Å². The fourth-order valence-electron chi connectivity index (χ4n) is 3.00. The van der Waals surface area contributed by atoms with Crippen LogP contribution in [-0.2, 0) is 16.1 Å². The number of amides is 1. The van der Waals surface area contributed by atoms with E-state index in [-0.39, 0.29) is 27.9 Å². The molecule has 0 aliphatic heterocycles. The lowest BCUT2D eigenvalue weighted by atomic mass is 10.1. The SMILES string of the molecule is CC(C)Cn1nc(C(=O)OCC(=O)Nc2ccc(Cl)cc2[N+](=O)[O-])c2ccccc2c1=O. The van der Waals surface area contributed by atoms with Crippen LogP contribution >= 0.6 is 11.6 Å². The zero-order valence-electron chi connectivity index (χ0n) is 17.2. The van der Waals surface area contributed by atoms with Crippen molar-refractivity contribution in [3.05, 3.63) is 73.6 Å². The largest absolute Gasteiger partial charge is 0.451 e. The van der Waals surface area contributed by atoms with E-state index in [4.69, 9.17) is 16.3 Å². The normalized spacial score (nSPS) is 10.9. The summed E-state index contributed by atoms with van der Waals surface area (Å²) in [6, 6.07) is 10.2. The molecular formula is C21H19ClN4O6. The quantitative estimate of drug-likeness (QED) is 0.325. The molecule has 0 aliphatic carbocycles. The van der Waals surface area contributed by atoms with Crippen molar-refractivity contribution in [1.82, 2.24) is 9.78 Å². The number of esters is 1. The summed E-state index contributed by atoms with van der Waals surface area (Å²) in [6.07, 6.45) is 0. The van der Waals surface area contributed by atoms with Crippen LogP contribution < -0.4 is 10.9 Å². The Kier molecular flexibility index (Phi) is 6.84. The van der Waals surface area contributed by atoms with Gasteiger partial charge in [0.1, 0.15) is 5.69 Å². The molecule has 11 heteroatoms. The van der Waals surface area contributed by atoms with Crippen LogP contribution in [0.1, 0.15) is 24.3 Å². The fraction of sp³-hybridized carbons (Fsp3) is 0.238. The second-order valence-electron chi connectivity index (χ2n) is 7.32. The number of nitro groups is 1. The minimum atomic E-state index is -0.903. The Labute approximate surface area is 186 Å². The lowest BCUT2D eigenvalue weighted by molar-refractivity contribution is -0.383. The Bertz CT molecular complexity index is 1270. The molecule has 0 aliphatic rings. The third-order valence-electron chi connectivity index (χ3n) is 4.36. The molecule has 0 radical (unpaired) electrons. The number of nitro benzene ring substituents is 1. The second-order valence-corrected chi connectivity index (χ2v) is 7.75. The molecule has 166 valence electrons. The number of benzene rings is 2. The van der Waals surface area contributed by atoms with Crippen molar-refractivity contribution < 1.29 is 19.2 Å². The molecule has 0 atom stereocenters. The number of nitrogens with one attached hydrogen (secondary N) is 1. The number of ether oxygens (including phenoxy) is 1. The van der Waals surface area contributed by atoms with E-state index in [1.54, 1.807) is 24.3 Å². The van der Waals surface area contributed by atoms with Gasteiger partial charge >= 0.3 is 5.97 Å². The molecular weight excluding hydrogens is 440 g/mol. The van der Waals surface area contributed by atoms with E-state index in [1.165, 1.54) is 16.8 Å². The number of nitrogens with zero attached hydrogens (tertiary/aromatic N) is 3. The third-order valence-corrected chi connectivity index (χ3v) is 4.60. The van der Waals surface area contributed by atoms with E-state index in [0.29, 0.717) is 17.3 Å². The number of fused-ring (bicyclic) bond motifs is 1. The van der Waals surface area contributed by atoms with Gasteiger partial charge in [-0.1, -0.05) is 43.6 Å². The van der Waals surface area contributed by atoms with Crippen LogP contribution in [0, 0.1) is 16.0 Å². The van der Waals surface area contributed by atoms with Crippen molar-refractivity contribution in [1.29, 1.82) is 0 Å². The van der Waals surface area contributed by atoms with Crippen molar-refractivity contribution in [2.24, 2.45) is 5.92 Å². The first-order chi connectivity index (χ1) is 15.2. The number of rotatable bonds is 7. The Morgan fingerprint density at radius 1 is 1.22 bits per heavy atom. The molecule has 3 aromatic rings. The Hall–Kier alpha value is -3.79. The minimum absolute atomic E-state index is 0.0884. The van der Waals surface area contributed by atoms with E-state index in [9.17, 15) is 24.5 Å². The first-order valence-corrected chi connectivity index (χ1v) is 9.96. The molecule has 0 spiro atoms. The van der Waals surface area contributed by atoms with E-state index in [0.717, 1.165) is 6.07 Å². The van der Waals surface area contributed by atoms with Gasteiger partial charge in [0.25, 0.3) is 17.2 Å². The van der Waals surface area contributed by atoms with Gasteiger partial charge in [-0.2, -0.15) is 5.10 Å². The maximum atomic E-state index is 12.7. The molecule has 3 rings (SSSR count). The number of aromatic nitrogens is 2. The Balaban J connectivity index is 1.81. The highest BCUT2D eigenvalue weighted by Crippen LogP contribution is 2.27. The summed E-state index contributed by atoms with van der Waals surface area (Å²) >= 11 is 5.75. The summed E-state index contributed by atoms with van der Waals surface area (Å²) in [4.78, 5) is 48.0. The number of carbonyl (C=O) groups is 2. The van der Waals surface area contributed by atoms with Crippen LogP contribution in [0.3, 0.4) is 0 Å². The molecule has 0 saturated heterocycles. The topological polar surface area (TPSA) is 133 Å². The summed E-state index contributed by atoms with van der Waals surface area (Å²) in [5.41, 5.74) is -0.926. The van der Waals surface area contributed by atoms with Crippen molar-refractivity contribution in [3.63, 3.8) is 0 Å². The Morgan fingerprint density at radius 2 is 1.91 bits per heavy atom. The molecule has 1 aromatic heterocycles. The van der Waals surface area contributed by atoms with Crippen molar-refractivity contribution in [2.75, 3.05) is 11.9 Å². The highest BCUT2D eigenvalue weighted by molar-refractivity contribution is 6.31. The molecule has 10 nitrogen and oxygen atoms in total. The van der Waals surface area contributed by atoms with Gasteiger partial charge in [-0.15, -0.1) is 0 Å². The monoisotopic (exact) mass is 458 g/mol. The van der Waals surface area contributed by atoms with Gasteiger partial charge in [-0.3, -0.25) is 19.7 Å². The number of carbonyl (C=O) groups excluding carboxylic acids is 2. The molecule has 1 N–H and O–H groups in total. The van der Waals surface area contributed by atoms with Gasteiger partial charge in [0.15, 0.2) is 12.3 Å². The molecule has 2 aromatic carbocycles. The van der Waals surface area contributed by atoms with Crippen LogP contribution in [0.25, 0.3) is 10.8 Å². The van der Waals surface area contributed by atoms with Crippen LogP contribution in [0.2, 0.25) is 5.02 Å². The standard InChI is InChI=1S/C21H19ClN4O6/c1-12(2)10-25-20(28)15-6-4-3-5-14(15)19(24-25)21(29)32-11-18(27)23-16-8-7-13(22)9-17(16)26(30)31/h3-9,12H,10-11H2,1-2H3,(H,23,27). The first-order valence-electron chi connectivity index (χ1n) is 9.58. The summed E-state index contributed by atoms with van der Waals surface area (Å²) in [7, 11) is 0. The number of hydrogen-bond donors (Lipinski definition) is 1. The van der Waals surface area contributed by atoms with Gasteiger partial charge in [-0.05, 0) is 24.1 Å². The van der Waals surface area contributed by atoms with E-state index >= 15 is 0 Å². The summed E-state index contributed by atoms with van der Waals surface area (Å²) < 4.78 is 6.26. The molecule has 0 bridgehead atoms. The van der Waals surface area contributed by atoms with Crippen molar-refractivity contribution in [3.8, 4) is 0 Å². The van der Waals surface area contributed by atoms with Gasteiger partial charge in [0.05, 0.1) is 10.3 Å². The average Bonchev–Trinajstić information content (AvgIpc) is 2.75. The summed E-state index contributed by atoms with van der Waals surface area (Å²) in [5.74, 6) is -1.59. The van der Waals surface area contributed by atoms with E-state index < -0.39 is 29.1 Å². The maximum absolute atomic E-state index is 12.7. The maximum Gasteiger partial charge on any atom is 0.359 e. The van der Waals surface area contributed by atoms with Gasteiger partial charge in [0, 0.05) is 23.0 Å². The van der Waals surface area contributed by atoms with Crippen LogP contribution in [0.5, 0.6) is 0 Å². The third kappa shape index (κ3) is 5.09. The number of hydrogen-bond acceptors (Lipinski definition) is 7. The summed E-state index contributed by atoms with van der Waals surface area (Å²) in [5, 5.41) is 18.3. The molecule has 1 amide bonds. The molecule has 1 heterocycles. The zero-order chi connectivity index (χ0) is 23.4. The molecule has 0 fully saturated rings. The summed E-state index contributed by atoms with van der Waals surface area (Å²) in [6.45, 7) is 3.39. The highest BCUT2D eigenvalue weighted by atomic mass is 35.5. The second kappa shape index (κ2) is 9.56. The zero-order valence-corrected chi connectivity index (χ0v) is 18.0. The Morgan fingerprint density at radius 3 is 2.56 bits per heavy atom. The lowest BCUT2D eigenvalue weighted by Gasteiger charge is -2.12. The predicted octanol–water partition coefficient (Wildman–Crippen LogP) is 3.41. The molecule has 0 unspecified atom stereocenters. The average molecular weight is 459 g/mol. The van der Waals surface area contributed by atoms with Crippen LogP contribution in [0.4, 0.5) is 11.4 Å². The van der Waals surface area contributed by atoms with E-state index in [1.807, 2.05) is 13.8 Å². The fourth-order valence-corrected chi connectivity index (χ4v) is 3.17. The van der Waals surface area contributed by atoms with Crippen molar-refractivity contribution >= 4 is 45.6 Å². The van der Waals surface area contributed by atoms with Gasteiger partial charge < -0.3 is 10.1 Å². The predicted molar refractivity (Wildman–Crippen MR) is 118 cm³/mol. The number of halogens is 1. The van der Waals surface area contributed by atoms with Gasteiger partial charge in [-0.25, -0.2) is 9.48 Å². The lowest BCUT2D eigenvalue weighted by Crippen LogP contribution is -2.29. The number of anilines is 1. The van der Waals surface area contributed by atoms with E-state index in [2.05, 4.69) is 10.4 Å². The van der Waals surface area contributed by atoms with Gasteiger partial charge in [0.2, 0.25) is 0 Å².